The van der Waals surface area contributed by atoms with E-state index in [-0.39, 0.29) is 6.10 Å². The Kier molecular flexibility index (Phi) is 4.91. The Hall–Kier alpha value is -0.970. The predicted molar refractivity (Wildman–Crippen MR) is 81.7 cm³/mol. The monoisotopic (exact) mass is 316 g/mol. The van der Waals surface area contributed by atoms with Crippen LogP contribution in [0, 0.1) is 0 Å². The van der Waals surface area contributed by atoms with Gasteiger partial charge in [0.2, 0.25) is 0 Å². The number of nitrogens with zero attached hydrogens (tertiary/aromatic N) is 1. The highest BCUT2D eigenvalue weighted by Crippen LogP contribution is 2.29. The van der Waals surface area contributed by atoms with Crippen LogP contribution in [0.15, 0.2) is 24.4 Å². The van der Waals surface area contributed by atoms with Crippen LogP contribution in [0.4, 0.5) is 5.69 Å². The second-order valence-corrected chi connectivity index (χ2v) is 6.38. The van der Waals surface area contributed by atoms with Crippen LogP contribution in [0.5, 0.6) is 5.75 Å². The lowest BCUT2D eigenvalue weighted by molar-refractivity contribution is 0.242. The number of hydrogen-bond donors (Lipinski definition) is 1. The van der Waals surface area contributed by atoms with Crippen molar-refractivity contribution in [2.24, 2.45) is 0 Å². The maximum atomic E-state index is 6.16. The van der Waals surface area contributed by atoms with Crippen molar-refractivity contribution in [2.45, 2.75) is 26.5 Å². The van der Waals surface area contributed by atoms with Crippen LogP contribution in [0.2, 0.25) is 9.36 Å². The number of hydrogen-bond acceptors (Lipinski definition) is 4. The van der Waals surface area contributed by atoms with Crippen molar-refractivity contribution in [2.75, 3.05) is 5.32 Å². The number of nitrogens with one attached hydrogen (secondary N) is 1. The molecule has 0 aliphatic heterocycles. The summed E-state index contributed by atoms with van der Waals surface area (Å²) in [4.78, 5) is 4.18. The van der Waals surface area contributed by atoms with Crippen molar-refractivity contribution in [3.8, 4) is 5.75 Å². The van der Waals surface area contributed by atoms with Gasteiger partial charge in [0.15, 0.2) is 0 Å². The topological polar surface area (TPSA) is 34.1 Å². The smallest absolute Gasteiger partial charge is 0.138 e. The lowest BCUT2D eigenvalue weighted by Gasteiger charge is -2.12. The molecule has 0 amide bonds. The molecule has 0 saturated heterocycles. The average molecular weight is 317 g/mol. The molecule has 0 atom stereocenters. The summed E-state index contributed by atoms with van der Waals surface area (Å²) in [7, 11) is 0. The highest BCUT2D eigenvalue weighted by molar-refractivity contribution is 7.15. The van der Waals surface area contributed by atoms with Gasteiger partial charge in [0.25, 0.3) is 0 Å². The quantitative estimate of drug-likeness (QED) is 0.856. The maximum Gasteiger partial charge on any atom is 0.138 e. The third kappa shape index (κ3) is 4.27. The number of benzene rings is 1. The average Bonchev–Trinajstić information content (AvgIpc) is 2.75. The first kappa shape index (κ1) is 14.4. The van der Waals surface area contributed by atoms with Crippen LogP contribution < -0.4 is 10.1 Å². The van der Waals surface area contributed by atoms with Gasteiger partial charge < -0.3 is 10.1 Å². The van der Waals surface area contributed by atoms with Crippen molar-refractivity contribution < 1.29 is 4.74 Å². The summed E-state index contributed by atoms with van der Waals surface area (Å²) in [6.45, 7) is 4.56. The van der Waals surface area contributed by atoms with Crippen LogP contribution in [0.25, 0.3) is 0 Å². The largest absolute Gasteiger partial charge is 0.489 e. The van der Waals surface area contributed by atoms with E-state index in [4.69, 9.17) is 27.9 Å². The molecule has 0 radical (unpaired) electrons. The standard InChI is InChI=1S/C13H14Cl2N2OS/c1-8(2)18-11-4-3-9(5-10(11)14)16-7-13-17-6-12(15)19-13/h3-6,8,16H,7H2,1-2H3. The Morgan fingerprint density at radius 1 is 1.37 bits per heavy atom. The van der Waals surface area contributed by atoms with Crippen LogP contribution in [-0.4, -0.2) is 11.1 Å². The summed E-state index contributed by atoms with van der Waals surface area (Å²) in [5.74, 6) is 0.694. The lowest BCUT2D eigenvalue weighted by atomic mass is 10.3. The molecule has 1 N–H and O–H groups in total. The first-order chi connectivity index (χ1) is 9.04. The fourth-order valence-electron chi connectivity index (χ4n) is 1.51. The number of anilines is 1. The zero-order chi connectivity index (χ0) is 13.8. The van der Waals surface area contributed by atoms with Crippen molar-refractivity contribution in [3.05, 3.63) is 38.8 Å². The molecular formula is C13H14Cl2N2OS. The van der Waals surface area contributed by atoms with Crippen LogP contribution in [0.1, 0.15) is 18.9 Å². The molecule has 6 heteroatoms. The fraction of sp³-hybridized carbons (Fsp3) is 0.308. The van der Waals surface area contributed by atoms with Crippen molar-refractivity contribution >= 4 is 40.2 Å². The molecule has 1 heterocycles. The molecular weight excluding hydrogens is 303 g/mol. The highest BCUT2D eigenvalue weighted by Gasteiger charge is 2.06. The first-order valence-electron chi connectivity index (χ1n) is 5.85. The van der Waals surface area contributed by atoms with Crippen LogP contribution in [-0.2, 0) is 6.54 Å². The van der Waals surface area contributed by atoms with E-state index in [0.717, 1.165) is 10.7 Å². The van der Waals surface area contributed by atoms with E-state index >= 15 is 0 Å². The second-order valence-electron chi connectivity index (χ2n) is 4.22. The lowest BCUT2D eigenvalue weighted by Crippen LogP contribution is -2.06. The third-order valence-electron chi connectivity index (χ3n) is 2.26. The number of halogens is 2. The van der Waals surface area contributed by atoms with Crippen LogP contribution in [0.3, 0.4) is 0 Å². The van der Waals surface area contributed by atoms with Crippen molar-refractivity contribution in [1.82, 2.24) is 4.98 Å². The Bertz CT molecular complexity index is 557. The molecule has 0 bridgehead atoms. The Morgan fingerprint density at radius 2 is 2.16 bits per heavy atom. The molecule has 0 spiro atoms. The van der Waals surface area contributed by atoms with Gasteiger partial charge in [0, 0.05) is 5.69 Å². The summed E-state index contributed by atoms with van der Waals surface area (Å²) in [5, 5.41) is 4.77. The molecule has 1 aromatic carbocycles. The maximum absolute atomic E-state index is 6.16. The molecule has 102 valence electrons. The zero-order valence-corrected chi connectivity index (χ0v) is 12.9. The van der Waals surface area contributed by atoms with E-state index in [0.29, 0.717) is 21.7 Å². The van der Waals surface area contributed by atoms with Gasteiger partial charge in [-0.25, -0.2) is 4.98 Å². The SMILES string of the molecule is CC(C)Oc1ccc(NCc2ncc(Cl)s2)cc1Cl. The number of aromatic nitrogens is 1. The number of thiazole rings is 1. The Labute approximate surface area is 126 Å². The first-order valence-corrected chi connectivity index (χ1v) is 7.42. The van der Waals surface area contributed by atoms with Gasteiger partial charge in [0.1, 0.15) is 15.1 Å². The van der Waals surface area contributed by atoms with Crippen LogP contribution >= 0.6 is 34.5 Å². The molecule has 0 saturated carbocycles. The summed E-state index contributed by atoms with van der Waals surface area (Å²) in [6.07, 6.45) is 1.75. The van der Waals surface area contributed by atoms with Crippen molar-refractivity contribution in [1.29, 1.82) is 0 Å². The van der Waals surface area contributed by atoms with E-state index in [9.17, 15) is 0 Å². The van der Waals surface area contributed by atoms with E-state index in [1.165, 1.54) is 11.3 Å². The highest BCUT2D eigenvalue weighted by atomic mass is 35.5. The minimum absolute atomic E-state index is 0.105. The van der Waals surface area contributed by atoms with E-state index in [1.807, 2.05) is 32.0 Å². The van der Waals surface area contributed by atoms with Gasteiger partial charge in [-0.05, 0) is 32.0 Å². The van der Waals surface area contributed by atoms with Gasteiger partial charge >= 0.3 is 0 Å². The van der Waals surface area contributed by atoms with E-state index in [2.05, 4.69) is 10.3 Å². The van der Waals surface area contributed by atoms with E-state index < -0.39 is 0 Å². The molecule has 2 aromatic rings. The molecule has 0 fully saturated rings. The Balaban J connectivity index is 1.99. The minimum Gasteiger partial charge on any atom is -0.489 e. The molecule has 1 aromatic heterocycles. The number of ether oxygens (including phenoxy) is 1. The van der Waals surface area contributed by atoms with Gasteiger partial charge in [0.05, 0.1) is 23.9 Å². The third-order valence-corrected chi connectivity index (χ3v) is 3.67. The minimum atomic E-state index is 0.105. The molecule has 3 nitrogen and oxygen atoms in total. The summed E-state index contributed by atoms with van der Waals surface area (Å²) >= 11 is 13.4. The fourth-order valence-corrected chi connectivity index (χ4v) is 2.63. The zero-order valence-electron chi connectivity index (χ0n) is 10.6. The van der Waals surface area contributed by atoms with Gasteiger partial charge in [-0.3, -0.25) is 0 Å². The molecule has 0 aliphatic carbocycles. The molecule has 0 aliphatic rings. The summed E-state index contributed by atoms with van der Waals surface area (Å²) in [6, 6.07) is 5.63. The predicted octanol–water partition coefficient (Wildman–Crippen LogP) is 4.85. The molecule has 2 rings (SSSR count). The normalized spacial score (nSPS) is 10.8. The Morgan fingerprint density at radius 3 is 2.74 bits per heavy atom. The van der Waals surface area contributed by atoms with Crippen molar-refractivity contribution in [3.63, 3.8) is 0 Å². The second kappa shape index (κ2) is 6.46. The molecule has 19 heavy (non-hydrogen) atoms. The van der Waals surface area contributed by atoms with Gasteiger partial charge in [-0.1, -0.05) is 23.2 Å². The molecule has 0 unspecified atom stereocenters. The number of rotatable bonds is 5. The van der Waals surface area contributed by atoms with Gasteiger partial charge in [-0.2, -0.15) is 0 Å². The van der Waals surface area contributed by atoms with E-state index in [1.54, 1.807) is 6.20 Å². The summed E-state index contributed by atoms with van der Waals surface area (Å²) < 4.78 is 6.27. The summed E-state index contributed by atoms with van der Waals surface area (Å²) in [5.41, 5.74) is 0.924. The van der Waals surface area contributed by atoms with Gasteiger partial charge in [-0.15, -0.1) is 11.3 Å².